The second-order valence-corrected chi connectivity index (χ2v) is 8.95. The van der Waals surface area contributed by atoms with Crippen molar-refractivity contribution in [2.24, 2.45) is 0 Å². The summed E-state index contributed by atoms with van der Waals surface area (Å²) < 4.78 is 39.0. The third-order valence-electron chi connectivity index (χ3n) is 4.89. The van der Waals surface area contributed by atoms with E-state index in [0.717, 1.165) is 11.1 Å². The number of rotatable bonds is 9. The third kappa shape index (κ3) is 5.87. The smallest absolute Gasteiger partial charge is 0.243 e. The van der Waals surface area contributed by atoms with Crippen molar-refractivity contribution in [2.75, 3.05) is 19.5 Å². The first-order valence-electron chi connectivity index (χ1n) is 9.98. The molecule has 0 radical (unpaired) electrons. The van der Waals surface area contributed by atoms with Gasteiger partial charge >= 0.3 is 0 Å². The Balaban J connectivity index is 1.88. The molecule has 0 fully saturated rings. The second-order valence-electron chi connectivity index (χ2n) is 7.23. The van der Waals surface area contributed by atoms with Gasteiger partial charge in [0.25, 0.3) is 0 Å². The van der Waals surface area contributed by atoms with E-state index in [1.165, 1.54) is 26.4 Å². The molecule has 0 saturated heterocycles. The lowest BCUT2D eigenvalue weighted by Crippen LogP contribution is -2.45. The van der Waals surface area contributed by atoms with Gasteiger partial charge in [0, 0.05) is 6.07 Å². The van der Waals surface area contributed by atoms with E-state index >= 15 is 0 Å². The Hall–Kier alpha value is -3.36. The molecule has 0 heterocycles. The van der Waals surface area contributed by atoms with Gasteiger partial charge in [-0.25, -0.2) is 8.42 Å². The van der Waals surface area contributed by atoms with Gasteiger partial charge in [0.05, 0.1) is 24.8 Å². The minimum atomic E-state index is -3.92. The maximum atomic E-state index is 13.2. The summed E-state index contributed by atoms with van der Waals surface area (Å²) >= 11 is 0. The number of carbonyl (C=O) groups is 1. The first-order chi connectivity index (χ1) is 15.3. The summed E-state index contributed by atoms with van der Waals surface area (Å²) in [6.07, 6.45) is 0.177. The lowest BCUT2D eigenvalue weighted by Gasteiger charge is -2.20. The van der Waals surface area contributed by atoms with Gasteiger partial charge in [0.1, 0.15) is 17.5 Å². The molecular weight excluding hydrogens is 428 g/mol. The number of benzene rings is 3. The summed E-state index contributed by atoms with van der Waals surface area (Å²) in [7, 11) is -0.913. The van der Waals surface area contributed by atoms with Crippen molar-refractivity contribution in [1.29, 1.82) is 0 Å². The maximum absolute atomic E-state index is 13.2. The average Bonchev–Trinajstić information content (AvgIpc) is 2.79. The van der Waals surface area contributed by atoms with Gasteiger partial charge in [-0.05, 0) is 43.2 Å². The normalized spacial score (nSPS) is 12.1. The van der Waals surface area contributed by atoms with Gasteiger partial charge in [0.2, 0.25) is 15.9 Å². The minimum absolute atomic E-state index is 0.0935. The number of anilines is 1. The highest BCUT2D eigenvalue weighted by atomic mass is 32.2. The highest BCUT2D eigenvalue weighted by molar-refractivity contribution is 7.89. The molecular formula is C24H26N2O5S. The molecule has 0 aliphatic rings. The molecule has 7 nitrogen and oxygen atoms in total. The maximum Gasteiger partial charge on any atom is 0.243 e. The van der Waals surface area contributed by atoms with Crippen molar-refractivity contribution < 1.29 is 22.7 Å². The summed E-state index contributed by atoms with van der Waals surface area (Å²) in [5, 5.41) is 2.77. The Morgan fingerprint density at radius 2 is 1.62 bits per heavy atom. The van der Waals surface area contributed by atoms with E-state index in [1.807, 2.05) is 37.3 Å². The molecule has 0 saturated carbocycles. The Morgan fingerprint density at radius 1 is 0.938 bits per heavy atom. The third-order valence-corrected chi connectivity index (χ3v) is 6.38. The summed E-state index contributed by atoms with van der Waals surface area (Å²) in [4.78, 5) is 13.3. The lowest BCUT2D eigenvalue weighted by molar-refractivity contribution is -0.117. The molecule has 0 aliphatic carbocycles. The van der Waals surface area contributed by atoms with Crippen LogP contribution in [0, 0.1) is 6.92 Å². The molecule has 3 rings (SSSR count). The van der Waals surface area contributed by atoms with Gasteiger partial charge in [-0.1, -0.05) is 48.0 Å². The molecule has 0 spiro atoms. The molecule has 2 N–H and O–H groups in total. The van der Waals surface area contributed by atoms with Gasteiger partial charge in [-0.3, -0.25) is 4.79 Å². The molecule has 168 valence electrons. The molecule has 3 aromatic rings. The quantitative estimate of drug-likeness (QED) is 0.516. The van der Waals surface area contributed by atoms with Crippen molar-refractivity contribution in [2.45, 2.75) is 24.3 Å². The fourth-order valence-corrected chi connectivity index (χ4v) is 4.33. The van der Waals surface area contributed by atoms with Crippen LogP contribution in [0.1, 0.15) is 11.1 Å². The summed E-state index contributed by atoms with van der Waals surface area (Å²) in [6.45, 7) is 1.87. The number of sulfonamides is 1. The molecule has 1 amide bonds. The average molecular weight is 455 g/mol. The van der Waals surface area contributed by atoms with E-state index in [9.17, 15) is 13.2 Å². The Kier molecular flexibility index (Phi) is 7.50. The molecule has 1 atom stereocenters. The van der Waals surface area contributed by atoms with Crippen LogP contribution in [0.2, 0.25) is 0 Å². The van der Waals surface area contributed by atoms with Crippen LogP contribution < -0.4 is 19.5 Å². The second kappa shape index (κ2) is 10.3. The number of methoxy groups -OCH3 is 2. The highest BCUT2D eigenvalue weighted by Crippen LogP contribution is 2.29. The standard InChI is InChI=1S/C24H26N2O5S/c1-17-9-12-20(13-10-17)32(28,29)26-22(15-18-7-5-4-6-8-18)24(27)25-21-14-11-19(30-2)16-23(21)31-3/h4-14,16,22,26H,15H2,1-3H3,(H,25,27). The summed E-state index contributed by atoms with van der Waals surface area (Å²) in [5.74, 6) is 0.464. The predicted molar refractivity (Wildman–Crippen MR) is 124 cm³/mol. The highest BCUT2D eigenvalue weighted by Gasteiger charge is 2.27. The van der Waals surface area contributed by atoms with E-state index < -0.39 is 22.0 Å². The Bertz CT molecular complexity index is 1160. The first-order valence-corrected chi connectivity index (χ1v) is 11.5. The van der Waals surface area contributed by atoms with E-state index in [2.05, 4.69) is 10.0 Å². The number of amides is 1. The van der Waals surface area contributed by atoms with Crippen molar-refractivity contribution in [3.63, 3.8) is 0 Å². The van der Waals surface area contributed by atoms with Gasteiger partial charge in [-0.15, -0.1) is 0 Å². The van der Waals surface area contributed by atoms with Crippen LogP contribution in [0.3, 0.4) is 0 Å². The van der Waals surface area contributed by atoms with Gasteiger partial charge in [-0.2, -0.15) is 4.72 Å². The van der Waals surface area contributed by atoms with Crippen LogP contribution in [0.4, 0.5) is 5.69 Å². The van der Waals surface area contributed by atoms with Gasteiger partial charge < -0.3 is 14.8 Å². The minimum Gasteiger partial charge on any atom is -0.497 e. The largest absolute Gasteiger partial charge is 0.497 e. The molecule has 1 unspecified atom stereocenters. The SMILES string of the molecule is COc1ccc(NC(=O)C(Cc2ccccc2)NS(=O)(=O)c2ccc(C)cc2)c(OC)c1. The van der Waals surface area contributed by atoms with Gasteiger partial charge in [0.15, 0.2) is 0 Å². The zero-order chi connectivity index (χ0) is 23.1. The predicted octanol–water partition coefficient (Wildman–Crippen LogP) is 3.54. The van der Waals surface area contributed by atoms with Crippen LogP contribution in [-0.4, -0.2) is 34.6 Å². The number of carbonyl (C=O) groups excluding carboxylic acids is 1. The van der Waals surface area contributed by atoms with E-state index in [0.29, 0.717) is 17.2 Å². The fraction of sp³-hybridized carbons (Fsp3) is 0.208. The monoisotopic (exact) mass is 454 g/mol. The molecule has 0 aliphatic heterocycles. The number of hydrogen-bond acceptors (Lipinski definition) is 5. The number of ether oxygens (including phenoxy) is 2. The van der Waals surface area contributed by atoms with Crippen molar-refractivity contribution >= 4 is 21.6 Å². The Labute approximate surface area is 188 Å². The molecule has 3 aromatic carbocycles. The lowest BCUT2D eigenvalue weighted by atomic mass is 10.1. The molecule has 0 bridgehead atoms. The van der Waals surface area contributed by atoms with Crippen molar-refractivity contribution in [3.8, 4) is 11.5 Å². The summed E-state index contributed by atoms with van der Waals surface area (Å²) in [6, 6.07) is 19.6. The van der Waals surface area contributed by atoms with E-state index in [-0.39, 0.29) is 11.3 Å². The first kappa shape index (κ1) is 23.3. The van der Waals surface area contributed by atoms with Crippen LogP contribution in [0.15, 0.2) is 77.7 Å². The molecule has 8 heteroatoms. The van der Waals surface area contributed by atoms with E-state index in [4.69, 9.17) is 9.47 Å². The zero-order valence-corrected chi connectivity index (χ0v) is 19.0. The van der Waals surface area contributed by atoms with Crippen LogP contribution >= 0.6 is 0 Å². The molecule has 0 aromatic heterocycles. The number of nitrogens with one attached hydrogen (secondary N) is 2. The van der Waals surface area contributed by atoms with Crippen LogP contribution in [0.5, 0.6) is 11.5 Å². The van der Waals surface area contributed by atoms with Crippen molar-refractivity contribution in [3.05, 3.63) is 83.9 Å². The summed E-state index contributed by atoms with van der Waals surface area (Å²) in [5.41, 5.74) is 2.17. The molecule has 32 heavy (non-hydrogen) atoms. The van der Waals surface area contributed by atoms with Crippen molar-refractivity contribution in [1.82, 2.24) is 4.72 Å². The van der Waals surface area contributed by atoms with E-state index in [1.54, 1.807) is 30.3 Å². The zero-order valence-electron chi connectivity index (χ0n) is 18.2. The van der Waals surface area contributed by atoms with Crippen LogP contribution in [-0.2, 0) is 21.2 Å². The number of hydrogen-bond donors (Lipinski definition) is 2. The topological polar surface area (TPSA) is 93.7 Å². The Morgan fingerprint density at radius 3 is 2.25 bits per heavy atom. The number of aryl methyl sites for hydroxylation is 1. The fourth-order valence-electron chi connectivity index (χ4n) is 3.13. The van der Waals surface area contributed by atoms with Crippen LogP contribution in [0.25, 0.3) is 0 Å².